The van der Waals surface area contributed by atoms with Crippen molar-refractivity contribution < 1.29 is 27.4 Å². The lowest BCUT2D eigenvalue weighted by Crippen LogP contribution is -2.17. The second kappa shape index (κ2) is 7.45. The highest BCUT2D eigenvalue weighted by molar-refractivity contribution is 8.01. The number of carbonyl (C=O) groups is 1. The van der Waals surface area contributed by atoms with Gasteiger partial charge in [-0.15, -0.1) is 10.2 Å². The maximum Gasteiger partial charge on any atom is 0.316 e. The molecule has 1 aromatic carbocycles. The predicted molar refractivity (Wildman–Crippen MR) is 90.9 cm³/mol. The predicted octanol–water partition coefficient (Wildman–Crippen LogP) is 1.38. The van der Waals surface area contributed by atoms with Crippen molar-refractivity contribution in [2.75, 3.05) is 30.8 Å². The van der Waals surface area contributed by atoms with Crippen molar-refractivity contribution in [1.82, 2.24) is 10.2 Å². The third-order valence-corrected chi connectivity index (χ3v) is 6.40. The smallest absolute Gasteiger partial charge is 0.316 e. The SMILES string of the molecule is COC(=O)CSc1nnc(NS(=O)(=O)c2ccc3c(c2)OCCO3)s1. The molecule has 25 heavy (non-hydrogen) atoms. The van der Waals surface area contributed by atoms with Crippen LogP contribution in [0.1, 0.15) is 0 Å². The van der Waals surface area contributed by atoms with Crippen LogP contribution in [-0.2, 0) is 19.6 Å². The molecule has 1 aromatic heterocycles. The first-order valence-corrected chi connectivity index (χ1v) is 10.2. The number of fused-ring (bicyclic) bond motifs is 1. The van der Waals surface area contributed by atoms with Crippen LogP contribution < -0.4 is 14.2 Å². The minimum atomic E-state index is -3.85. The highest BCUT2D eigenvalue weighted by atomic mass is 32.2. The van der Waals surface area contributed by atoms with Gasteiger partial charge in [-0.25, -0.2) is 8.42 Å². The van der Waals surface area contributed by atoms with Crippen LogP contribution in [0.25, 0.3) is 0 Å². The van der Waals surface area contributed by atoms with Gasteiger partial charge in [0, 0.05) is 6.07 Å². The molecule has 134 valence electrons. The van der Waals surface area contributed by atoms with Crippen molar-refractivity contribution in [3.63, 3.8) is 0 Å². The zero-order valence-corrected chi connectivity index (χ0v) is 15.4. The summed E-state index contributed by atoms with van der Waals surface area (Å²) < 4.78 is 43.0. The Kier molecular flexibility index (Phi) is 5.30. The van der Waals surface area contributed by atoms with Crippen LogP contribution >= 0.6 is 23.1 Å². The van der Waals surface area contributed by atoms with E-state index >= 15 is 0 Å². The lowest BCUT2D eigenvalue weighted by Gasteiger charge is -2.18. The van der Waals surface area contributed by atoms with Crippen LogP contribution in [0.2, 0.25) is 0 Å². The van der Waals surface area contributed by atoms with Gasteiger partial charge >= 0.3 is 5.97 Å². The number of anilines is 1. The van der Waals surface area contributed by atoms with Crippen molar-refractivity contribution in [2.45, 2.75) is 9.24 Å². The van der Waals surface area contributed by atoms with Crippen LogP contribution in [0.4, 0.5) is 5.13 Å². The van der Waals surface area contributed by atoms with E-state index in [0.29, 0.717) is 29.1 Å². The van der Waals surface area contributed by atoms with Crippen LogP contribution in [0, 0.1) is 0 Å². The number of aromatic nitrogens is 2. The fourth-order valence-electron chi connectivity index (χ4n) is 1.85. The first-order chi connectivity index (χ1) is 12.0. The number of nitrogens with zero attached hydrogens (tertiary/aromatic N) is 2. The van der Waals surface area contributed by atoms with Gasteiger partial charge in [0.1, 0.15) is 13.2 Å². The largest absolute Gasteiger partial charge is 0.486 e. The highest BCUT2D eigenvalue weighted by Crippen LogP contribution is 2.33. The molecule has 0 atom stereocenters. The molecule has 1 aliphatic rings. The van der Waals surface area contributed by atoms with Crippen LogP contribution in [0.15, 0.2) is 27.4 Å². The molecule has 0 saturated carbocycles. The van der Waals surface area contributed by atoms with Crippen LogP contribution in [0.3, 0.4) is 0 Å². The van der Waals surface area contributed by atoms with Crippen LogP contribution in [0.5, 0.6) is 11.5 Å². The van der Waals surface area contributed by atoms with Crippen molar-refractivity contribution in [3.8, 4) is 11.5 Å². The summed E-state index contributed by atoms with van der Waals surface area (Å²) in [7, 11) is -2.56. The molecule has 2 aromatic rings. The topological polar surface area (TPSA) is 117 Å². The maximum absolute atomic E-state index is 12.5. The van der Waals surface area contributed by atoms with Crippen LogP contribution in [-0.4, -0.2) is 50.7 Å². The van der Waals surface area contributed by atoms with E-state index in [9.17, 15) is 13.2 Å². The highest BCUT2D eigenvalue weighted by Gasteiger charge is 2.21. The third kappa shape index (κ3) is 4.32. The third-order valence-electron chi connectivity index (χ3n) is 2.99. The minimum absolute atomic E-state index is 0.0238. The fourth-order valence-corrected chi connectivity index (χ4v) is 4.68. The molecular weight excluding hydrogens is 390 g/mol. The average molecular weight is 403 g/mol. The summed E-state index contributed by atoms with van der Waals surface area (Å²) in [6, 6.07) is 4.36. The molecule has 2 heterocycles. The Hall–Kier alpha value is -2.05. The summed E-state index contributed by atoms with van der Waals surface area (Å²) in [5.41, 5.74) is 0. The Labute approximate surface area is 151 Å². The maximum atomic E-state index is 12.5. The number of esters is 1. The zero-order valence-electron chi connectivity index (χ0n) is 12.9. The van der Waals surface area contributed by atoms with Gasteiger partial charge in [-0.3, -0.25) is 9.52 Å². The Morgan fingerprint density at radius 3 is 2.84 bits per heavy atom. The van der Waals surface area contributed by atoms with Gasteiger partial charge in [0.15, 0.2) is 15.8 Å². The molecule has 0 aliphatic carbocycles. The quantitative estimate of drug-likeness (QED) is 0.564. The lowest BCUT2D eigenvalue weighted by molar-refractivity contribution is -0.137. The van der Waals surface area contributed by atoms with Gasteiger partial charge in [0.05, 0.1) is 17.8 Å². The number of hydrogen-bond acceptors (Lipinski definition) is 10. The second-order valence-corrected chi connectivity index (χ2v) is 8.53. The normalized spacial score (nSPS) is 13.3. The summed E-state index contributed by atoms with van der Waals surface area (Å²) in [5.74, 6) is 0.543. The van der Waals surface area contributed by atoms with Gasteiger partial charge in [0.25, 0.3) is 10.0 Å². The zero-order chi connectivity index (χ0) is 17.9. The van der Waals surface area contributed by atoms with Crippen molar-refractivity contribution in [3.05, 3.63) is 18.2 Å². The lowest BCUT2D eigenvalue weighted by atomic mass is 10.3. The number of methoxy groups -OCH3 is 1. The minimum Gasteiger partial charge on any atom is -0.486 e. The molecule has 3 rings (SSSR count). The molecule has 0 unspecified atom stereocenters. The molecule has 0 amide bonds. The Morgan fingerprint density at radius 2 is 2.08 bits per heavy atom. The van der Waals surface area contributed by atoms with E-state index in [4.69, 9.17) is 9.47 Å². The Morgan fingerprint density at radius 1 is 1.32 bits per heavy atom. The summed E-state index contributed by atoms with van der Waals surface area (Å²) in [6.45, 7) is 0.787. The molecule has 0 bridgehead atoms. The number of nitrogens with one attached hydrogen (secondary N) is 1. The molecule has 1 N–H and O–H groups in total. The second-order valence-electron chi connectivity index (χ2n) is 4.65. The number of thioether (sulfide) groups is 1. The molecule has 0 radical (unpaired) electrons. The standard InChI is InChI=1S/C13H13N3O6S3/c1-20-11(17)7-23-13-15-14-12(24-13)16-25(18,19)8-2-3-9-10(6-8)22-5-4-21-9/h2-3,6H,4-5,7H2,1H3,(H,14,16). The Balaban J connectivity index is 1.71. The molecule has 12 heteroatoms. The number of rotatable bonds is 6. The number of carbonyl (C=O) groups excluding carboxylic acids is 1. The summed E-state index contributed by atoms with van der Waals surface area (Å²) >= 11 is 2.14. The van der Waals surface area contributed by atoms with Gasteiger partial charge in [0.2, 0.25) is 5.13 Å². The molecular formula is C13H13N3O6S3. The van der Waals surface area contributed by atoms with Gasteiger partial charge < -0.3 is 14.2 Å². The van der Waals surface area contributed by atoms with Gasteiger partial charge in [-0.1, -0.05) is 23.1 Å². The molecule has 0 spiro atoms. The van der Waals surface area contributed by atoms with Crippen molar-refractivity contribution in [2.24, 2.45) is 0 Å². The molecule has 9 nitrogen and oxygen atoms in total. The summed E-state index contributed by atoms with van der Waals surface area (Å²) in [6.07, 6.45) is 0. The molecule has 0 saturated heterocycles. The van der Waals surface area contributed by atoms with E-state index in [1.54, 1.807) is 6.07 Å². The van der Waals surface area contributed by atoms with E-state index in [-0.39, 0.29) is 15.8 Å². The average Bonchev–Trinajstić information content (AvgIpc) is 3.05. The molecule has 0 fully saturated rings. The number of ether oxygens (including phenoxy) is 3. The van der Waals surface area contributed by atoms with Gasteiger partial charge in [-0.05, 0) is 12.1 Å². The monoisotopic (exact) mass is 403 g/mol. The number of hydrogen-bond donors (Lipinski definition) is 1. The summed E-state index contributed by atoms with van der Waals surface area (Å²) in [4.78, 5) is 11.1. The van der Waals surface area contributed by atoms with E-state index in [1.807, 2.05) is 0 Å². The van der Waals surface area contributed by atoms with E-state index in [1.165, 1.54) is 19.2 Å². The Bertz CT molecular complexity index is 883. The number of benzene rings is 1. The molecule has 1 aliphatic heterocycles. The van der Waals surface area contributed by atoms with Crippen molar-refractivity contribution >= 4 is 44.2 Å². The number of sulfonamides is 1. The van der Waals surface area contributed by atoms with Crippen molar-refractivity contribution in [1.29, 1.82) is 0 Å². The van der Waals surface area contributed by atoms with E-state index < -0.39 is 16.0 Å². The fraction of sp³-hybridized carbons (Fsp3) is 0.308. The van der Waals surface area contributed by atoms with Gasteiger partial charge in [-0.2, -0.15) is 0 Å². The first kappa shape index (κ1) is 17.8. The summed E-state index contributed by atoms with van der Waals surface area (Å²) in [5, 5.41) is 7.69. The van der Waals surface area contributed by atoms with E-state index in [0.717, 1.165) is 23.1 Å². The first-order valence-electron chi connectivity index (χ1n) is 6.93. The van der Waals surface area contributed by atoms with E-state index in [2.05, 4.69) is 19.7 Å².